The Bertz CT molecular complexity index is 19.2. The largest absolute Gasteiger partial charge is 2.00 e. The summed E-state index contributed by atoms with van der Waals surface area (Å²) in [6.45, 7) is 6.78. The van der Waals surface area contributed by atoms with Gasteiger partial charge in [0.1, 0.15) is 0 Å². The SMILES string of the molecule is [Br-].[CH2-]COCC.[Mg+2]. The minimum absolute atomic E-state index is 0. The van der Waals surface area contributed by atoms with Gasteiger partial charge in [0.2, 0.25) is 0 Å². The van der Waals surface area contributed by atoms with Crippen LogP contribution in [-0.4, -0.2) is 36.3 Å². The summed E-state index contributed by atoms with van der Waals surface area (Å²) in [5.41, 5.74) is 0. The van der Waals surface area contributed by atoms with Gasteiger partial charge in [0, 0.05) is 6.61 Å². The Kier molecular flexibility index (Phi) is 35.2. The molecular weight excluding hydrogens is 168 g/mol. The molecule has 0 aromatic carbocycles. The van der Waals surface area contributed by atoms with Gasteiger partial charge in [-0.2, -0.15) is 0 Å². The van der Waals surface area contributed by atoms with Crippen molar-refractivity contribution < 1.29 is 21.7 Å². The first-order valence-corrected chi connectivity index (χ1v) is 1.78. The van der Waals surface area contributed by atoms with E-state index in [0.717, 1.165) is 6.61 Å². The van der Waals surface area contributed by atoms with Crippen LogP contribution >= 0.6 is 0 Å². The Morgan fingerprint density at radius 2 is 2.00 bits per heavy atom. The van der Waals surface area contributed by atoms with Crippen LogP contribution in [0, 0.1) is 6.92 Å². The first-order valence-electron chi connectivity index (χ1n) is 1.78. The first kappa shape index (κ1) is 15.7. The molecule has 40 valence electrons. The maximum Gasteiger partial charge on any atom is 2.00 e. The Labute approximate surface area is 71.7 Å². The zero-order valence-corrected chi connectivity index (χ0v) is 7.61. The summed E-state index contributed by atoms with van der Waals surface area (Å²) < 4.78 is 4.72. The predicted molar refractivity (Wildman–Crippen MR) is 27.6 cm³/mol. The van der Waals surface area contributed by atoms with E-state index in [1.165, 1.54) is 0 Å². The van der Waals surface area contributed by atoms with Gasteiger partial charge in [0.15, 0.2) is 0 Å². The second-order valence-corrected chi connectivity index (χ2v) is 0.697. The van der Waals surface area contributed by atoms with Crippen molar-refractivity contribution in [3.63, 3.8) is 0 Å². The number of rotatable bonds is 2. The molecule has 0 spiro atoms. The fourth-order valence-electron chi connectivity index (χ4n) is 0.144. The normalized spacial score (nSPS) is 6.00. The van der Waals surface area contributed by atoms with Crippen molar-refractivity contribution in [2.24, 2.45) is 0 Å². The average molecular weight is 177 g/mol. The maximum absolute atomic E-state index is 4.72. The molecule has 0 atom stereocenters. The van der Waals surface area contributed by atoms with Gasteiger partial charge in [0.25, 0.3) is 0 Å². The van der Waals surface area contributed by atoms with Crippen molar-refractivity contribution in [2.75, 3.05) is 13.2 Å². The van der Waals surface area contributed by atoms with E-state index >= 15 is 0 Å². The molecule has 0 rings (SSSR count). The molecule has 0 aromatic rings. The number of ether oxygens (including phenoxy) is 1. The van der Waals surface area contributed by atoms with Crippen LogP contribution in [0.1, 0.15) is 6.92 Å². The van der Waals surface area contributed by atoms with E-state index in [1.54, 1.807) is 0 Å². The molecule has 0 amide bonds. The van der Waals surface area contributed by atoms with Gasteiger partial charge in [-0.1, -0.05) is 6.61 Å². The summed E-state index contributed by atoms with van der Waals surface area (Å²) in [6, 6.07) is 0. The molecule has 0 saturated heterocycles. The zero-order chi connectivity index (χ0) is 4.12. The summed E-state index contributed by atoms with van der Waals surface area (Å²) in [7, 11) is 0. The monoisotopic (exact) mass is 176 g/mol. The summed E-state index contributed by atoms with van der Waals surface area (Å²) in [5, 5.41) is 0. The van der Waals surface area contributed by atoms with Crippen molar-refractivity contribution in [3.05, 3.63) is 6.92 Å². The zero-order valence-electron chi connectivity index (χ0n) is 4.61. The smallest absolute Gasteiger partial charge is 1.00 e. The van der Waals surface area contributed by atoms with Crippen molar-refractivity contribution in [1.82, 2.24) is 0 Å². The van der Waals surface area contributed by atoms with Gasteiger partial charge in [0.05, 0.1) is 0 Å². The fourth-order valence-corrected chi connectivity index (χ4v) is 0.144. The van der Waals surface area contributed by atoms with Crippen LogP contribution in [0.2, 0.25) is 0 Å². The molecule has 0 aliphatic heterocycles. The third-order valence-electron chi connectivity index (χ3n) is 0.348. The molecule has 0 unspecified atom stereocenters. The molecule has 0 bridgehead atoms. The summed E-state index contributed by atoms with van der Waals surface area (Å²) in [5.74, 6) is 0. The Balaban J connectivity index is -0.0000000800. The van der Waals surface area contributed by atoms with Crippen LogP contribution in [0.25, 0.3) is 0 Å². The van der Waals surface area contributed by atoms with E-state index in [2.05, 4.69) is 6.92 Å². The molecular formula is C4H9BrMgO. The van der Waals surface area contributed by atoms with Crippen LogP contribution in [0.3, 0.4) is 0 Å². The topological polar surface area (TPSA) is 9.23 Å². The van der Waals surface area contributed by atoms with E-state index in [0.29, 0.717) is 6.61 Å². The molecule has 7 heavy (non-hydrogen) atoms. The molecule has 0 N–H and O–H groups in total. The van der Waals surface area contributed by atoms with Crippen LogP contribution in [0.4, 0.5) is 0 Å². The number of hydrogen-bond acceptors (Lipinski definition) is 1. The van der Waals surface area contributed by atoms with Crippen molar-refractivity contribution in [3.8, 4) is 0 Å². The van der Waals surface area contributed by atoms with Crippen LogP contribution in [0.15, 0.2) is 0 Å². The Morgan fingerprint density at radius 1 is 1.57 bits per heavy atom. The fraction of sp³-hybridized carbons (Fsp3) is 0.750. The van der Waals surface area contributed by atoms with Gasteiger partial charge in [-0.25, -0.2) is 0 Å². The molecule has 0 aliphatic rings. The van der Waals surface area contributed by atoms with E-state index in [-0.39, 0.29) is 40.0 Å². The van der Waals surface area contributed by atoms with Gasteiger partial charge < -0.3 is 28.6 Å². The van der Waals surface area contributed by atoms with Gasteiger partial charge in [-0.05, 0) is 6.92 Å². The van der Waals surface area contributed by atoms with E-state index < -0.39 is 0 Å². The minimum Gasteiger partial charge on any atom is -1.00 e. The third-order valence-corrected chi connectivity index (χ3v) is 0.348. The number of halogens is 1. The minimum atomic E-state index is 0. The standard InChI is InChI=1S/C4H9O.BrH.Mg/c1-3-5-4-2;;/h1,3-4H2,2H3;1H;/q-1;;+2/p-1. The second-order valence-electron chi connectivity index (χ2n) is 0.697. The molecule has 0 radical (unpaired) electrons. The van der Waals surface area contributed by atoms with Crippen molar-refractivity contribution in [2.45, 2.75) is 6.92 Å². The molecule has 0 aromatic heterocycles. The summed E-state index contributed by atoms with van der Waals surface area (Å²) in [6.07, 6.45) is 0. The summed E-state index contributed by atoms with van der Waals surface area (Å²) in [4.78, 5) is 0. The molecule has 0 aliphatic carbocycles. The molecule has 3 heteroatoms. The Hall–Kier alpha value is 1.21. The van der Waals surface area contributed by atoms with Gasteiger partial charge in [-0.3, -0.25) is 0 Å². The second kappa shape index (κ2) is 15.7. The van der Waals surface area contributed by atoms with Crippen molar-refractivity contribution in [1.29, 1.82) is 0 Å². The molecule has 0 fully saturated rings. The van der Waals surface area contributed by atoms with Crippen LogP contribution in [-0.2, 0) is 4.74 Å². The third kappa shape index (κ3) is 19.0. The van der Waals surface area contributed by atoms with E-state index in [9.17, 15) is 0 Å². The van der Waals surface area contributed by atoms with Crippen LogP contribution in [0.5, 0.6) is 0 Å². The first-order chi connectivity index (χ1) is 2.41. The quantitative estimate of drug-likeness (QED) is 0.334. The average Bonchev–Trinajstić information content (AvgIpc) is 1.41. The summed E-state index contributed by atoms with van der Waals surface area (Å²) >= 11 is 0. The Morgan fingerprint density at radius 3 is 2.00 bits per heavy atom. The van der Waals surface area contributed by atoms with E-state index in [1.807, 2.05) is 6.92 Å². The molecule has 0 heterocycles. The maximum atomic E-state index is 4.72. The van der Waals surface area contributed by atoms with Gasteiger partial charge in [-0.15, -0.1) is 0 Å². The van der Waals surface area contributed by atoms with Gasteiger partial charge >= 0.3 is 23.1 Å². The molecule has 0 saturated carbocycles. The van der Waals surface area contributed by atoms with Crippen molar-refractivity contribution >= 4 is 23.1 Å². The van der Waals surface area contributed by atoms with Crippen LogP contribution < -0.4 is 17.0 Å². The molecule has 1 nitrogen and oxygen atoms in total. The number of hydrogen-bond donors (Lipinski definition) is 0. The predicted octanol–water partition coefficient (Wildman–Crippen LogP) is -2.52. The van der Waals surface area contributed by atoms with E-state index in [4.69, 9.17) is 4.74 Å².